The quantitative estimate of drug-likeness (QED) is 0.118. The predicted octanol–water partition coefficient (Wildman–Crippen LogP) is 5.03. The molecule has 0 saturated carbocycles. The zero-order valence-electron chi connectivity index (χ0n) is 30.8. The molecule has 12 nitrogen and oxygen atoms in total. The topological polar surface area (TPSA) is 158 Å². The van der Waals surface area contributed by atoms with E-state index in [1.165, 1.54) is 0 Å². The van der Waals surface area contributed by atoms with Gasteiger partial charge in [-0.1, -0.05) is 48.5 Å². The lowest BCUT2D eigenvalue weighted by Crippen LogP contribution is -2.54. The summed E-state index contributed by atoms with van der Waals surface area (Å²) in [6.45, 7) is 21.5. The highest BCUT2D eigenvalue weighted by Gasteiger charge is 2.58. The largest absolute Gasteiger partial charge is 0.466 e. The molecule has 0 aliphatic heterocycles. The Morgan fingerprint density at radius 2 is 0.660 bits per heavy atom. The van der Waals surface area contributed by atoms with Crippen LogP contribution in [-0.2, 0) is 57.2 Å². The van der Waals surface area contributed by atoms with Gasteiger partial charge in [-0.3, -0.25) is 28.8 Å². The lowest BCUT2D eigenvalue weighted by atomic mass is 9.64. The van der Waals surface area contributed by atoms with E-state index in [4.69, 9.17) is 28.4 Å². The lowest BCUT2D eigenvalue weighted by Gasteiger charge is -2.39. The predicted molar refractivity (Wildman–Crippen MR) is 173 cm³/mol. The molecule has 0 bridgehead atoms. The molecule has 47 heavy (non-hydrogen) atoms. The number of hydrogen-bond donors (Lipinski definition) is 0. The molecule has 0 aromatic heterocycles. The average molecular weight is 673 g/mol. The minimum atomic E-state index is -1.83. The second-order valence-corrected chi connectivity index (χ2v) is 13.0. The minimum Gasteiger partial charge on any atom is -0.466 e. The van der Waals surface area contributed by atoms with Crippen LogP contribution in [0.4, 0.5) is 0 Å². The number of hydrogen-bond acceptors (Lipinski definition) is 12. The number of rotatable bonds is 21. The Morgan fingerprint density at radius 3 is 0.936 bits per heavy atom. The van der Waals surface area contributed by atoms with Crippen molar-refractivity contribution in [3.63, 3.8) is 0 Å². The third-order valence-electron chi connectivity index (χ3n) is 8.13. The number of esters is 6. The van der Waals surface area contributed by atoms with Crippen LogP contribution in [0, 0.1) is 59.2 Å². The molecule has 0 amide bonds. The second-order valence-electron chi connectivity index (χ2n) is 13.0. The highest BCUT2D eigenvalue weighted by atomic mass is 16.6. The van der Waals surface area contributed by atoms with Crippen molar-refractivity contribution < 1.29 is 57.2 Å². The van der Waals surface area contributed by atoms with Crippen LogP contribution in [0.5, 0.6) is 0 Å². The fourth-order valence-electron chi connectivity index (χ4n) is 5.50. The molecular weight excluding hydrogens is 612 g/mol. The van der Waals surface area contributed by atoms with Crippen LogP contribution in [0.1, 0.15) is 90.0 Å². The average Bonchev–Trinajstić information content (AvgIpc) is 2.95. The molecule has 0 radical (unpaired) electrons. The van der Waals surface area contributed by atoms with Gasteiger partial charge in [-0.15, -0.1) is 0 Å². The van der Waals surface area contributed by atoms with Gasteiger partial charge in [0.2, 0.25) is 0 Å². The first kappa shape index (κ1) is 43.8. The monoisotopic (exact) mass is 672 g/mol. The van der Waals surface area contributed by atoms with Crippen LogP contribution in [0.15, 0.2) is 0 Å². The third kappa shape index (κ3) is 13.1. The van der Waals surface area contributed by atoms with Crippen LogP contribution >= 0.6 is 0 Å². The number of carbonyl (C=O) groups excluding carboxylic acids is 6. The molecule has 0 rings (SSSR count). The van der Waals surface area contributed by atoms with Crippen LogP contribution in [0.2, 0.25) is 0 Å². The van der Waals surface area contributed by atoms with Gasteiger partial charge in [0.15, 0.2) is 0 Å². The summed E-state index contributed by atoms with van der Waals surface area (Å²) in [6, 6.07) is 0. The van der Waals surface area contributed by atoms with E-state index in [2.05, 4.69) is 0 Å². The summed E-state index contributed by atoms with van der Waals surface area (Å²) in [5.41, 5.74) is 0. The van der Waals surface area contributed by atoms with Crippen LogP contribution < -0.4 is 0 Å². The zero-order valence-corrected chi connectivity index (χ0v) is 30.8. The Bertz CT molecular complexity index is 1020. The summed E-state index contributed by atoms with van der Waals surface area (Å²) in [5.74, 6) is -16.5. The fourth-order valence-corrected chi connectivity index (χ4v) is 5.50. The Balaban J connectivity index is 8.23. The Labute approximate surface area is 281 Å². The van der Waals surface area contributed by atoms with Crippen molar-refractivity contribution in [2.45, 2.75) is 96.1 Å². The van der Waals surface area contributed by atoms with Crippen molar-refractivity contribution in [1.82, 2.24) is 0 Å². The molecule has 0 heterocycles. The summed E-state index contributed by atoms with van der Waals surface area (Å²) in [4.78, 5) is 83.9. The standard InChI is InChI=1S/C35H60O12/c1-14-42-30(36)24(20(7)8)26(32(38)44-16-3)28(34(40)46-18-23(13)19(5)6)29(35(41)47-22(11)12)27(33(39)45-17-4)25(21(9)10)31(37)43-15-2/h19-29H,14-18H2,1-13H3. The molecule has 12 heteroatoms. The molecule has 272 valence electrons. The molecule has 0 spiro atoms. The van der Waals surface area contributed by atoms with Gasteiger partial charge in [0, 0.05) is 0 Å². The maximum atomic E-state index is 14.5. The number of ether oxygens (including phenoxy) is 6. The Morgan fingerprint density at radius 1 is 0.383 bits per heavy atom. The number of carbonyl (C=O) groups is 6. The highest BCUT2D eigenvalue weighted by molar-refractivity contribution is 5.94. The molecule has 0 aromatic rings. The molecule has 0 N–H and O–H groups in total. The first-order valence-corrected chi connectivity index (χ1v) is 17.0. The summed E-state index contributed by atoms with van der Waals surface area (Å²) in [7, 11) is 0. The van der Waals surface area contributed by atoms with Gasteiger partial charge in [-0.05, 0) is 65.2 Å². The maximum Gasteiger partial charge on any atom is 0.311 e. The van der Waals surface area contributed by atoms with Crippen molar-refractivity contribution >= 4 is 35.8 Å². The molecule has 7 unspecified atom stereocenters. The van der Waals surface area contributed by atoms with Gasteiger partial charge in [0.1, 0.15) is 0 Å². The van der Waals surface area contributed by atoms with Gasteiger partial charge in [-0.25, -0.2) is 0 Å². The highest BCUT2D eigenvalue weighted by Crippen LogP contribution is 2.43. The second kappa shape index (κ2) is 21.6. The van der Waals surface area contributed by atoms with E-state index in [0.29, 0.717) is 0 Å². The van der Waals surface area contributed by atoms with E-state index in [9.17, 15) is 28.8 Å². The van der Waals surface area contributed by atoms with Gasteiger partial charge in [0.25, 0.3) is 0 Å². The summed E-state index contributed by atoms with van der Waals surface area (Å²) >= 11 is 0. The maximum absolute atomic E-state index is 14.5. The van der Waals surface area contributed by atoms with Crippen molar-refractivity contribution in [2.24, 2.45) is 59.2 Å². The molecule has 0 aliphatic rings. The summed E-state index contributed by atoms with van der Waals surface area (Å²) in [5, 5.41) is 0. The zero-order chi connectivity index (χ0) is 36.6. The van der Waals surface area contributed by atoms with Gasteiger partial charge in [-0.2, -0.15) is 0 Å². The van der Waals surface area contributed by atoms with E-state index in [-0.39, 0.29) is 44.9 Å². The Kier molecular flexibility index (Phi) is 20.2. The Hall–Kier alpha value is -3.18. The van der Waals surface area contributed by atoms with Crippen LogP contribution in [0.25, 0.3) is 0 Å². The van der Waals surface area contributed by atoms with Crippen molar-refractivity contribution in [3.05, 3.63) is 0 Å². The van der Waals surface area contributed by atoms with E-state index < -0.39 is 89.3 Å². The van der Waals surface area contributed by atoms with E-state index >= 15 is 0 Å². The molecular formula is C35H60O12. The summed E-state index contributed by atoms with van der Waals surface area (Å²) < 4.78 is 33.0. The van der Waals surface area contributed by atoms with E-state index in [0.717, 1.165) is 0 Å². The lowest BCUT2D eigenvalue weighted by molar-refractivity contribution is -0.187. The van der Waals surface area contributed by atoms with Crippen molar-refractivity contribution in [2.75, 3.05) is 33.0 Å². The molecule has 7 atom stereocenters. The molecule has 0 aliphatic carbocycles. The molecule has 0 aromatic carbocycles. The summed E-state index contributed by atoms with van der Waals surface area (Å²) in [6.07, 6.45) is -0.724. The van der Waals surface area contributed by atoms with Crippen molar-refractivity contribution in [3.8, 4) is 0 Å². The minimum absolute atomic E-state index is 0.0266. The molecule has 0 fully saturated rings. The van der Waals surface area contributed by atoms with Gasteiger partial charge >= 0.3 is 35.8 Å². The smallest absolute Gasteiger partial charge is 0.311 e. The normalized spacial score (nSPS) is 16.0. The van der Waals surface area contributed by atoms with E-state index in [1.54, 1.807) is 69.2 Å². The third-order valence-corrected chi connectivity index (χ3v) is 8.13. The van der Waals surface area contributed by atoms with Crippen LogP contribution in [0.3, 0.4) is 0 Å². The first-order valence-electron chi connectivity index (χ1n) is 17.0. The first-order chi connectivity index (χ1) is 21.9. The van der Waals surface area contributed by atoms with Gasteiger partial charge < -0.3 is 28.4 Å². The molecule has 0 saturated heterocycles. The van der Waals surface area contributed by atoms with E-state index in [1.807, 2.05) is 20.8 Å². The van der Waals surface area contributed by atoms with Gasteiger partial charge in [0.05, 0.1) is 74.6 Å². The fraction of sp³-hybridized carbons (Fsp3) is 0.829. The van der Waals surface area contributed by atoms with Crippen LogP contribution in [-0.4, -0.2) is 75.0 Å². The SMILES string of the molecule is CCOC(=O)C(C(C)C)C(C(=O)OCC)C(C(=O)OCC(C)C(C)C)C(C(=O)OC(C)C)C(C(=O)OCC)C(C(=O)OCC)C(C)C. The van der Waals surface area contributed by atoms with Crippen molar-refractivity contribution in [1.29, 1.82) is 0 Å².